The Balaban J connectivity index is 1.48. The molecule has 1 aliphatic rings. The van der Waals surface area contributed by atoms with Crippen molar-refractivity contribution in [2.45, 2.75) is 45.6 Å². The first kappa shape index (κ1) is 15.5. The Bertz CT molecular complexity index is 361. The summed E-state index contributed by atoms with van der Waals surface area (Å²) in [5, 5.41) is 3.65. The minimum absolute atomic E-state index is 0.714. The van der Waals surface area contributed by atoms with Crippen molar-refractivity contribution in [3.8, 4) is 0 Å². The molecule has 1 heterocycles. The van der Waals surface area contributed by atoms with E-state index < -0.39 is 0 Å². The lowest BCUT2D eigenvalue weighted by molar-refractivity contribution is 0.264. The lowest BCUT2D eigenvalue weighted by atomic mass is 10.1. The van der Waals surface area contributed by atoms with Crippen molar-refractivity contribution in [2.24, 2.45) is 5.92 Å². The van der Waals surface area contributed by atoms with Gasteiger partial charge in [0.15, 0.2) is 0 Å². The molecule has 20 heavy (non-hydrogen) atoms. The Morgan fingerprint density at radius 1 is 1.20 bits per heavy atom. The van der Waals surface area contributed by atoms with Gasteiger partial charge in [-0.25, -0.2) is 0 Å². The fourth-order valence-electron chi connectivity index (χ4n) is 3.03. The van der Waals surface area contributed by atoms with E-state index in [0.29, 0.717) is 6.04 Å². The number of benzene rings is 1. The highest BCUT2D eigenvalue weighted by Gasteiger charge is 2.23. The number of hydrogen-bond acceptors (Lipinski definition) is 2. The maximum atomic E-state index is 3.65. The molecule has 0 aromatic heterocycles. The van der Waals surface area contributed by atoms with Crippen LogP contribution in [0.4, 0.5) is 0 Å². The van der Waals surface area contributed by atoms with Crippen molar-refractivity contribution in [2.75, 3.05) is 26.2 Å². The SMILES string of the molecule is CC(C)N1CCC(CNCCCCc2ccccc2)C1. The number of nitrogens with zero attached hydrogens (tertiary/aromatic N) is 1. The summed E-state index contributed by atoms with van der Waals surface area (Å²) < 4.78 is 0. The van der Waals surface area contributed by atoms with Crippen molar-refractivity contribution in [3.05, 3.63) is 35.9 Å². The summed E-state index contributed by atoms with van der Waals surface area (Å²) in [4.78, 5) is 2.60. The molecule has 0 aliphatic carbocycles. The van der Waals surface area contributed by atoms with Gasteiger partial charge in [0.05, 0.1) is 0 Å². The molecule has 2 rings (SSSR count). The van der Waals surface area contributed by atoms with Crippen LogP contribution < -0.4 is 5.32 Å². The van der Waals surface area contributed by atoms with Crippen LogP contribution in [0.2, 0.25) is 0 Å². The molecule has 1 unspecified atom stereocenters. The highest BCUT2D eigenvalue weighted by atomic mass is 15.2. The fraction of sp³-hybridized carbons (Fsp3) is 0.667. The van der Waals surface area contributed by atoms with Gasteiger partial charge in [-0.1, -0.05) is 30.3 Å². The summed E-state index contributed by atoms with van der Waals surface area (Å²) in [5.41, 5.74) is 1.47. The predicted octanol–water partition coefficient (Wildman–Crippen LogP) is 3.33. The smallest absolute Gasteiger partial charge is 0.00387 e. The Hall–Kier alpha value is -0.860. The monoisotopic (exact) mass is 274 g/mol. The van der Waals surface area contributed by atoms with Crippen molar-refractivity contribution < 1.29 is 0 Å². The molecule has 1 fully saturated rings. The maximum absolute atomic E-state index is 3.65. The second kappa shape index (κ2) is 8.43. The number of nitrogens with one attached hydrogen (secondary N) is 1. The highest BCUT2D eigenvalue weighted by molar-refractivity contribution is 5.14. The quantitative estimate of drug-likeness (QED) is 0.732. The molecular formula is C18H30N2. The molecule has 1 aromatic carbocycles. The summed E-state index contributed by atoms with van der Waals surface area (Å²) in [6, 6.07) is 11.5. The van der Waals surface area contributed by atoms with E-state index in [4.69, 9.17) is 0 Å². The maximum Gasteiger partial charge on any atom is 0.00387 e. The van der Waals surface area contributed by atoms with E-state index in [1.54, 1.807) is 0 Å². The zero-order chi connectivity index (χ0) is 14.2. The average molecular weight is 274 g/mol. The molecule has 0 spiro atoms. The van der Waals surface area contributed by atoms with Gasteiger partial charge >= 0.3 is 0 Å². The zero-order valence-electron chi connectivity index (χ0n) is 13.1. The third-order valence-corrected chi connectivity index (χ3v) is 4.39. The van der Waals surface area contributed by atoms with Crippen LogP contribution >= 0.6 is 0 Å². The number of aryl methyl sites for hydroxylation is 1. The highest BCUT2D eigenvalue weighted by Crippen LogP contribution is 2.17. The fourth-order valence-corrected chi connectivity index (χ4v) is 3.03. The van der Waals surface area contributed by atoms with E-state index in [-0.39, 0.29) is 0 Å². The second-order valence-electron chi connectivity index (χ2n) is 6.39. The van der Waals surface area contributed by atoms with Gasteiger partial charge in [-0.2, -0.15) is 0 Å². The van der Waals surface area contributed by atoms with Crippen molar-refractivity contribution in [3.63, 3.8) is 0 Å². The molecule has 0 bridgehead atoms. The van der Waals surface area contributed by atoms with E-state index in [9.17, 15) is 0 Å². The summed E-state index contributed by atoms with van der Waals surface area (Å²) >= 11 is 0. The molecule has 0 radical (unpaired) electrons. The summed E-state index contributed by atoms with van der Waals surface area (Å²) in [6.45, 7) is 9.56. The lowest BCUT2D eigenvalue weighted by Crippen LogP contribution is -2.30. The molecule has 112 valence electrons. The average Bonchev–Trinajstić information content (AvgIpc) is 2.93. The molecule has 1 atom stereocenters. The first-order valence-corrected chi connectivity index (χ1v) is 8.24. The Morgan fingerprint density at radius 3 is 2.70 bits per heavy atom. The van der Waals surface area contributed by atoms with Crippen LogP contribution in [0, 0.1) is 5.92 Å². The van der Waals surface area contributed by atoms with Crippen molar-refractivity contribution >= 4 is 0 Å². The van der Waals surface area contributed by atoms with Gasteiger partial charge in [0.25, 0.3) is 0 Å². The Morgan fingerprint density at radius 2 is 2.00 bits per heavy atom. The second-order valence-corrected chi connectivity index (χ2v) is 6.39. The van der Waals surface area contributed by atoms with Crippen LogP contribution in [0.1, 0.15) is 38.7 Å². The standard InChI is InChI=1S/C18H30N2/c1-16(2)20-13-11-18(15-20)14-19-12-7-6-10-17-8-4-3-5-9-17/h3-5,8-9,16,18-19H,6-7,10-15H2,1-2H3. The molecule has 1 saturated heterocycles. The van der Waals surface area contributed by atoms with E-state index in [1.807, 2.05) is 0 Å². The number of unbranched alkanes of at least 4 members (excludes halogenated alkanes) is 1. The van der Waals surface area contributed by atoms with Crippen molar-refractivity contribution in [1.29, 1.82) is 0 Å². The summed E-state index contributed by atoms with van der Waals surface area (Å²) in [7, 11) is 0. The molecule has 1 N–H and O–H groups in total. The third-order valence-electron chi connectivity index (χ3n) is 4.39. The van der Waals surface area contributed by atoms with Gasteiger partial charge in [-0.3, -0.25) is 0 Å². The topological polar surface area (TPSA) is 15.3 Å². The van der Waals surface area contributed by atoms with Crippen LogP contribution in [-0.2, 0) is 6.42 Å². The van der Waals surface area contributed by atoms with Crippen LogP contribution in [0.25, 0.3) is 0 Å². The van der Waals surface area contributed by atoms with E-state index in [1.165, 1.54) is 57.4 Å². The van der Waals surface area contributed by atoms with E-state index >= 15 is 0 Å². The minimum Gasteiger partial charge on any atom is -0.316 e. The molecule has 0 amide bonds. The van der Waals surface area contributed by atoms with Gasteiger partial charge in [-0.15, -0.1) is 0 Å². The van der Waals surface area contributed by atoms with Crippen LogP contribution in [0.5, 0.6) is 0 Å². The third kappa shape index (κ3) is 5.26. The molecule has 1 aromatic rings. The normalized spacial score (nSPS) is 19.9. The Labute approximate surface area is 124 Å². The molecule has 2 heteroatoms. The Kier molecular flexibility index (Phi) is 6.55. The van der Waals surface area contributed by atoms with Crippen LogP contribution in [-0.4, -0.2) is 37.1 Å². The summed E-state index contributed by atoms with van der Waals surface area (Å²) in [6.07, 6.45) is 5.16. The van der Waals surface area contributed by atoms with Crippen LogP contribution in [0.3, 0.4) is 0 Å². The van der Waals surface area contributed by atoms with Gasteiger partial charge in [0.2, 0.25) is 0 Å². The number of hydrogen-bond donors (Lipinski definition) is 1. The van der Waals surface area contributed by atoms with Gasteiger partial charge in [0.1, 0.15) is 0 Å². The molecule has 2 nitrogen and oxygen atoms in total. The van der Waals surface area contributed by atoms with Gasteiger partial charge in [-0.05, 0) is 70.6 Å². The first-order chi connectivity index (χ1) is 9.75. The van der Waals surface area contributed by atoms with E-state index in [2.05, 4.69) is 54.4 Å². The predicted molar refractivity (Wildman–Crippen MR) is 87.1 cm³/mol. The largest absolute Gasteiger partial charge is 0.316 e. The molecular weight excluding hydrogens is 244 g/mol. The molecule has 1 aliphatic heterocycles. The van der Waals surface area contributed by atoms with Crippen LogP contribution in [0.15, 0.2) is 30.3 Å². The first-order valence-electron chi connectivity index (χ1n) is 8.24. The lowest BCUT2D eigenvalue weighted by Gasteiger charge is -2.20. The molecule has 0 saturated carbocycles. The number of rotatable bonds is 8. The van der Waals surface area contributed by atoms with E-state index in [0.717, 1.165) is 5.92 Å². The van der Waals surface area contributed by atoms with Gasteiger partial charge < -0.3 is 10.2 Å². The zero-order valence-corrected chi connectivity index (χ0v) is 13.1. The van der Waals surface area contributed by atoms with Gasteiger partial charge in [0, 0.05) is 12.6 Å². The minimum atomic E-state index is 0.714. The van der Waals surface area contributed by atoms with Crippen molar-refractivity contribution in [1.82, 2.24) is 10.2 Å². The number of likely N-dealkylation sites (tertiary alicyclic amines) is 1. The summed E-state index contributed by atoms with van der Waals surface area (Å²) in [5.74, 6) is 0.867.